The van der Waals surface area contributed by atoms with E-state index in [2.05, 4.69) is 41.7 Å². The molecule has 4 bridgehead atoms. The summed E-state index contributed by atoms with van der Waals surface area (Å²) in [7, 11) is 0. The third-order valence-electron chi connectivity index (χ3n) is 18.6. The molecule has 72 heavy (non-hydrogen) atoms. The molecule has 2 saturated heterocycles. The monoisotopic (exact) mass is 994 g/mol. The van der Waals surface area contributed by atoms with E-state index in [1.165, 1.54) is 25.7 Å². The summed E-state index contributed by atoms with van der Waals surface area (Å²) in [6.07, 6.45) is 7.40. The van der Waals surface area contributed by atoms with Crippen molar-refractivity contribution in [2.45, 2.75) is 148 Å². The number of rotatable bonds is 17. The van der Waals surface area contributed by atoms with Crippen LogP contribution in [0.4, 0.5) is 0 Å². The Hall–Kier alpha value is -5.70. The third kappa shape index (κ3) is 7.50. The fourth-order valence-corrected chi connectivity index (χ4v) is 15.0. The minimum Gasteiger partial charge on any atom is -0.504 e. The number of hydrogen-bond donors (Lipinski definition) is 10. The zero-order valence-corrected chi connectivity index (χ0v) is 40.4. The Morgan fingerprint density at radius 3 is 1.32 bits per heavy atom. The molecule has 12 rings (SSSR count). The first kappa shape index (κ1) is 47.3. The van der Waals surface area contributed by atoms with Gasteiger partial charge in [0, 0.05) is 49.1 Å². The van der Waals surface area contributed by atoms with Gasteiger partial charge in [0.05, 0.1) is 60.3 Å². The number of carbonyl (C=O) groups excluding carboxylic acids is 6. The third-order valence-corrected chi connectivity index (χ3v) is 18.6. The van der Waals surface area contributed by atoms with Crippen LogP contribution in [0.3, 0.4) is 0 Å². The van der Waals surface area contributed by atoms with Crippen LogP contribution < -0.4 is 41.4 Å². The highest BCUT2D eigenvalue weighted by Crippen LogP contribution is 2.67. The fraction of sp³-hybridized carbons (Fsp3) is 0.654. The number of ether oxygens (including phenoxy) is 2. The molecule has 4 heterocycles. The van der Waals surface area contributed by atoms with Crippen LogP contribution in [0.2, 0.25) is 0 Å². The highest BCUT2D eigenvalue weighted by molar-refractivity contribution is 5.91. The molecule has 6 fully saturated rings. The van der Waals surface area contributed by atoms with Gasteiger partial charge in [-0.25, -0.2) is 0 Å². The topological polar surface area (TPSA) is 280 Å². The summed E-state index contributed by atoms with van der Waals surface area (Å²) < 4.78 is 13.0. The predicted molar refractivity (Wildman–Crippen MR) is 255 cm³/mol. The maximum Gasteiger partial charge on any atom is 0.239 e. The van der Waals surface area contributed by atoms with E-state index in [9.17, 15) is 49.2 Å². The van der Waals surface area contributed by atoms with E-state index in [0.717, 1.165) is 48.4 Å². The molecule has 386 valence electrons. The SMILES string of the molecule is O=C(CCC(=O)NCC(=O)NCC(=O)NC1CCC2(O)[C@H]3Cc4ccc(O)c5c4C2(CCN3CC2CC2)C1O5)NCC(=O)NCC(=O)NC1CCC2(O)[C@H]3Cc4ccc(O)c5c4C2(CCN3CC2CC2)C1O5. The molecule has 8 unspecified atom stereocenters. The van der Waals surface area contributed by atoms with Crippen molar-refractivity contribution in [2.24, 2.45) is 11.8 Å². The van der Waals surface area contributed by atoms with Gasteiger partial charge < -0.3 is 61.8 Å². The molecule has 0 radical (unpaired) electrons. The molecule has 10 N–H and O–H groups in total. The highest BCUT2D eigenvalue weighted by atomic mass is 16.5. The molecule has 20 heteroatoms. The van der Waals surface area contributed by atoms with Gasteiger partial charge in [0.25, 0.3) is 0 Å². The number of benzene rings is 2. The summed E-state index contributed by atoms with van der Waals surface area (Å²) in [6.45, 7) is 1.84. The van der Waals surface area contributed by atoms with E-state index in [1.54, 1.807) is 12.1 Å². The van der Waals surface area contributed by atoms with Crippen LogP contribution in [0, 0.1) is 11.8 Å². The average Bonchev–Trinajstić information content (AvgIpc) is 4.29. The van der Waals surface area contributed by atoms with E-state index in [0.29, 0.717) is 74.7 Å². The van der Waals surface area contributed by atoms with Crippen molar-refractivity contribution in [3.05, 3.63) is 46.5 Å². The van der Waals surface area contributed by atoms with Crippen molar-refractivity contribution in [1.29, 1.82) is 0 Å². The molecular weight excluding hydrogens is 929 g/mol. The lowest BCUT2D eigenvalue weighted by atomic mass is 9.48. The number of likely N-dealkylation sites (tertiary alicyclic amines) is 2. The summed E-state index contributed by atoms with van der Waals surface area (Å²) in [5.74, 6) is -1.28. The number of aliphatic hydroxyl groups is 2. The number of hydrogen-bond acceptors (Lipinski definition) is 14. The Bertz CT molecular complexity index is 2450. The molecule has 20 nitrogen and oxygen atoms in total. The number of nitrogens with one attached hydrogen (secondary N) is 6. The lowest BCUT2D eigenvalue weighted by Crippen LogP contribution is -2.78. The van der Waals surface area contributed by atoms with E-state index in [4.69, 9.17) is 9.47 Å². The predicted octanol–water partition coefficient (Wildman–Crippen LogP) is -0.859. The zero-order chi connectivity index (χ0) is 49.9. The number of aromatic hydroxyl groups is 2. The van der Waals surface area contributed by atoms with Crippen molar-refractivity contribution in [3.8, 4) is 23.0 Å². The van der Waals surface area contributed by atoms with E-state index in [-0.39, 0.29) is 49.5 Å². The maximum atomic E-state index is 13.3. The minimum atomic E-state index is -1.10. The largest absolute Gasteiger partial charge is 0.504 e. The van der Waals surface area contributed by atoms with E-state index < -0.39 is 94.9 Å². The van der Waals surface area contributed by atoms with Crippen LogP contribution in [0.25, 0.3) is 0 Å². The molecule has 10 atom stereocenters. The van der Waals surface area contributed by atoms with Crippen LogP contribution in [0.1, 0.15) is 99.3 Å². The lowest BCUT2D eigenvalue weighted by Gasteiger charge is -2.64. The lowest BCUT2D eigenvalue weighted by molar-refractivity contribution is -0.192. The van der Waals surface area contributed by atoms with Gasteiger partial charge in [0.1, 0.15) is 12.2 Å². The molecule has 10 aliphatic rings. The first-order chi connectivity index (χ1) is 34.6. The Morgan fingerprint density at radius 1 is 0.528 bits per heavy atom. The van der Waals surface area contributed by atoms with Gasteiger partial charge in [-0.3, -0.25) is 38.6 Å². The molecule has 2 spiro atoms. The quantitative estimate of drug-likeness (QED) is 0.0925. The molecule has 6 aliphatic carbocycles. The summed E-state index contributed by atoms with van der Waals surface area (Å²) >= 11 is 0. The van der Waals surface area contributed by atoms with Crippen LogP contribution in [0.15, 0.2) is 24.3 Å². The number of carbonyl (C=O) groups is 6. The molecule has 0 aromatic heterocycles. The summed E-state index contributed by atoms with van der Waals surface area (Å²) in [4.78, 5) is 81.9. The second-order valence-electron chi connectivity index (χ2n) is 22.6. The normalized spacial score (nSPS) is 34.0. The molecule has 2 aromatic rings. The number of nitrogens with zero attached hydrogens (tertiary/aromatic N) is 2. The Kier molecular flexibility index (Phi) is 11.5. The smallest absolute Gasteiger partial charge is 0.239 e. The van der Waals surface area contributed by atoms with Gasteiger partial charge in [-0.1, -0.05) is 12.1 Å². The number of phenolic OH excluding ortho intramolecular Hbond substituents is 2. The molecule has 6 amide bonds. The fourth-order valence-electron chi connectivity index (χ4n) is 15.0. The van der Waals surface area contributed by atoms with Gasteiger partial charge in [0.2, 0.25) is 35.4 Å². The Morgan fingerprint density at radius 2 is 0.917 bits per heavy atom. The second-order valence-corrected chi connectivity index (χ2v) is 22.6. The van der Waals surface area contributed by atoms with Crippen molar-refractivity contribution < 1.29 is 58.7 Å². The first-order valence-electron chi connectivity index (χ1n) is 26.2. The van der Waals surface area contributed by atoms with Crippen LogP contribution >= 0.6 is 0 Å². The Balaban J connectivity index is 0.563. The molecule has 2 aromatic carbocycles. The van der Waals surface area contributed by atoms with Gasteiger partial charge in [-0.15, -0.1) is 0 Å². The van der Waals surface area contributed by atoms with Crippen molar-refractivity contribution >= 4 is 35.4 Å². The van der Waals surface area contributed by atoms with Crippen molar-refractivity contribution in [1.82, 2.24) is 41.7 Å². The van der Waals surface area contributed by atoms with Gasteiger partial charge in [-0.2, -0.15) is 0 Å². The minimum absolute atomic E-state index is 0.00986. The Labute approximate surface area is 416 Å². The van der Waals surface area contributed by atoms with E-state index >= 15 is 0 Å². The number of phenols is 2. The van der Waals surface area contributed by atoms with Crippen molar-refractivity contribution in [2.75, 3.05) is 52.4 Å². The van der Waals surface area contributed by atoms with Crippen molar-refractivity contribution in [3.63, 3.8) is 0 Å². The summed E-state index contributed by atoms with van der Waals surface area (Å²) in [6, 6.07) is 5.97. The standard InChI is InChI=1S/C52H66N8O12/c61-33-7-5-29-19-35-51(69)13-11-31(47-49(51,43(29)45(33)71-47)15-17-59(35)25-27-1-2-27)57-41(67)23-55-39(65)21-53-37(63)9-10-38(64)54-22-40(66)56-24-42(68)58-32-12-14-52(70)36-20-30-6-8-34(62)46-44(30)50(52,48(32)72-46)16-18-60(36)26-28-3-4-28/h5-8,27-28,31-32,35-36,47-48,61-62,69-70H,1-4,9-26H2,(H,53,63)(H,54,64)(H,55,65)(H,56,66)(H,57,67)(H,58,68)/t31?,32?,35-,36-,47?,48?,49?,50?,51?,52?/m1/s1. The molecule has 4 saturated carbocycles. The molecule has 4 aliphatic heterocycles. The maximum absolute atomic E-state index is 13.3. The van der Waals surface area contributed by atoms with Gasteiger partial charge in [-0.05, 0) is 125 Å². The number of piperidine rings is 2. The zero-order valence-electron chi connectivity index (χ0n) is 40.4. The molecular formula is C52H66N8O12. The summed E-state index contributed by atoms with van der Waals surface area (Å²) in [5.41, 5.74) is 0.0185. The highest BCUT2D eigenvalue weighted by Gasteiger charge is 2.75. The second kappa shape index (κ2) is 17.5. The van der Waals surface area contributed by atoms with Gasteiger partial charge in [0.15, 0.2) is 23.0 Å². The van der Waals surface area contributed by atoms with Crippen LogP contribution in [-0.2, 0) is 52.4 Å². The average molecular weight is 995 g/mol. The summed E-state index contributed by atoms with van der Waals surface area (Å²) in [5, 5.41) is 63.1. The van der Waals surface area contributed by atoms with Crippen LogP contribution in [0.5, 0.6) is 23.0 Å². The van der Waals surface area contributed by atoms with Crippen LogP contribution in [-0.4, -0.2) is 166 Å². The number of amides is 6. The van der Waals surface area contributed by atoms with Gasteiger partial charge >= 0.3 is 0 Å². The van der Waals surface area contributed by atoms with E-state index in [1.807, 2.05) is 12.1 Å². The first-order valence-corrected chi connectivity index (χ1v) is 26.2.